The molecule has 33 heavy (non-hydrogen) atoms. The van der Waals surface area contributed by atoms with Gasteiger partial charge >= 0.3 is 6.18 Å². The number of hydrogen-bond acceptors (Lipinski definition) is 6. The molecule has 0 saturated carbocycles. The molecular weight excluding hydrogens is 459 g/mol. The largest absolute Gasteiger partial charge is 0.497 e. The number of amides is 1. The molecule has 0 aliphatic heterocycles. The Morgan fingerprint density at radius 1 is 1.18 bits per heavy atom. The van der Waals surface area contributed by atoms with Crippen LogP contribution in [-0.4, -0.2) is 38.5 Å². The Hall–Kier alpha value is -3.80. The molecule has 12 heteroatoms. The van der Waals surface area contributed by atoms with E-state index in [4.69, 9.17) is 4.74 Å². The molecule has 4 rings (SSSR count). The van der Waals surface area contributed by atoms with Crippen molar-refractivity contribution in [2.45, 2.75) is 11.3 Å². The number of para-hydroxylation sites is 1. The van der Waals surface area contributed by atoms with E-state index in [1.807, 2.05) is 0 Å². The fourth-order valence-corrected chi connectivity index (χ4v) is 3.69. The van der Waals surface area contributed by atoms with Gasteiger partial charge in [0.1, 0.15) is 11.1 Å². The van der Waals surface area contributed by atoms with Crippen molar-refractivity contribution in [1.82, 2.24) is 19.7 Å². The van der Waals surface area contributed by atoms with E-state index in [0.717, 1.165) is 17.8 Å². The number of anilines is 1. The first-order valence-electron chi connectivity index (χ1n) is 9.47. The van der Waals surface area contributed by atoms with Crippen LogP contribution in [0.4, 0.5) is 18.9 Å². The molecule has 170 valence electrons. The number of thioether (sulfide) groups is 1. The van der Waals surface area contributed by atoms with Crippen LogP contribution >= 0.6 is 11.8 Å². The highest BCUT2D eigenvalue weighted by atomic mass is 32.2. The van der Waals surface area contributed by atoms with Crippen molar-refractivity contribution in [2.24, 2.45) is 0 Å². The Labute approximate surface area is 188 Å². The minimum atomic E-state index is -4.60. The van der Waals surface area contributed by atoms with Crippen LogP contribution in [0.2, 0.25) is 0 Å². The fourth-order valence-electron chi connectivity index (χ4n) is 3.04. The van der Waals surface area contributed by atoms with Gasteiger partial charge < -0.3 is 15.0 Å². The number of alkyl halides is 3. The number of fused-ring (bicyclic) bond motifs is 1. The zero-order chi connectivity index (χ0) is 23.6. The van der Waals surface area contributed by atoms with E-state index >= 15 is 0 Å². The lowest BCUT2D eigenvalue weighted by atomic mass is 10.1. The van der Waals surface area contributed by atoms with Gasteiger partial charge in [-0.1, -0.05) is 23.9 Å². The van der Waals surface area contributed by atoms with Crippen molar-refractivity contribution >= 4 is 34.4 Å². The third-order valence-electron chi connectivity index (χ3n) is 4.58. The zero-order valence-electron chi connectivity index (χ0n) is 17.0. The summed E-state index contributed by atoms with van der Waals surface area (Å²) in [4.78, 5) is 31.6. The summed E-state index contributed by atoms with van der Waals surface area (Å²) in [6.45, 7) is 0. The number of rotatable bonds is 6. The summed E-state index contributed by atoms with van der Waals surface area (Å²) < 4.78 is 45.9. The Balaban J connectivity index is 1.54. The Morgan fingerprint density at radius 3 is 2.61 bits per heavy atom. The summed E-state index contributed by atoms with van der Waals surface area (Å²) in [6.07, 6.45) is -3.23. The summed E-state index contributed by atoms with van der Waals surface area (Å²) >= 11 is 0.882. The first-order chi connectivity index (χ1) is 15.8. The van der Waals surface area contributed by atoms with Crippen LogP contribution in [0.5, 0.6) is 5.75 Å². The number of aromatic nitrogens is 4. The number of nitrogens with one attached hydrogen (secondary N) is 2. The van der Waals surface area contributed by atoms with Crippen LogP contribution in [0.1, 0.15) is 5.56 Å². The molecule has 0 spiro atoms. The summed E-state index contributed by atoms with van der Waals surface area (Å²) in [5.74, 6) is -0.296. The number of halogens is 3. The van der Waals surface area contributed by atoms with Crippen molar-refractivity contribution < 1.29 is 22.7 Å². The molecule has 8 nitrogen and oxygen atoms in total. The molecule has 2 heterocycles. The predicted molar refractivity (Wildman–Crippen MR) is 117 cm³/mol. The van der Waals surface area contributed by atoms with Gasteiger partial charge in [0.05, 0.1) is 36.0 Å². The number of ether oxygens (including phenoxy) is 1. The van der Waals surface area contributed by atoms with Gasteiger partial charge in [0.2, 0.25) is 5.91 Å². The van der Waals surface area contributed by atoms with Crippen LogP contribution in [-0.2, 0) is 11.0 Å². The van der Waals surface area contributed by atoms with Crippen LogP contribution < -0.4 is 15.6 Å². The maximum Gasteiger partial charge on any atom is 0.418 e. The molecule has 0 unspecified atom stereocenters. The highest BCUT2D eigenvalue weighted by Gasteiger charge is 2.33. The number of carbonyl (C=O) groups excluding carboxylic acids is 1. The first-order valence-corrected chi connectivity index (χ1v) is 10.5. The number of methoxy groups -OCH3 is 1. The Bertz CT molecular complexity index is 1370. The standard InChI is InChI=1S/C21H16F3N5O3S/c1-32-13-8-6-12(7-9-13)29-18-14(10-25-29)19(31)28-20(27-18)33-11-17(30)26-16-5-3-2-4-15(16)21(22,23)24/h2-10H,11H2,1H3,(H,26,30)(H,27,28,31). The highest BCUT2D eigenvalue weighted by Crippen LogP contribution is 2.34. The van der Waals surface area contributed by atoms with Crippen molar-refractivity contribution in [3.8, 4) is 11.4 Å². The maximum absolute atomic E-state index is 13.1. The lowest BCUT2D eigenvalue weighted by Crippen LogP contribution is -2.18. The van der Waals surface area contributed by atoms with Crippen LogP contribution in [0.3, 0.4) is 0 Å². The van der Waals surface area contributed by atoms with Crippen LogP contribution in [0.15, 0.2) is 64.7 Å². The van der Waals surface area contributed by atoms with Gasteiger partial charge in [-0.05, 0) is 36.4 Å². The number of aromatic amines is 1. The van der Waals surface area contributed by atoms with Gasteiger partial charge in [-0.25, -0.2) is 9.67 Å². The average molecular weight is 475 g/mol. The summed E-state index contributed by atoms with van der Waals surface area (Å²) in [5.41, 5.74) is -0.828. The maximum atomic E-state index is 13.1. The van der Waals surface area contributed by atoms with E-state index in [1.54, 1.807) is 31.4 Å². The van der Waals surface area contributed by atoms with E-state index in [-0.39, 0.29) is 27.6 Å². The average Bonchev–Trinajstić information content (AvgIpc) is 3.22. The lowest BCUT2D eigenvalue weighted by molar-refractivity contribution is -0.137. The monoisotopic (exact) mass is 475 g/mol. The molecule has 0 radical (unpaired) electrons. The molecule has 4 aromatic rings. The van der Waals surface area contributed by atoms with Gasteiger partial charge in [-0.3, -0.25) is 9.59 Å². The molecule has 0 fully saturated rings. The summed E-state index contributed by atoms with van der Waals surface area (Å²) in [7, 11) is 1.54. The normalized spacial score (nSPS) is 11.5. The predicted octanol–water partition coefficient (Wildman–Crippen LogP) is 3.87. The molecule has 0 saturated heterocycles. The first kappa shape index (κ1) is 22.4. The second-order valence-electron chi connectivity index (χ2n) is 6.74. The Kier molecular flexibility index (Phi) is 6.09. The number of H-pyrrole nitrogens is 1. The molecule has 0 aliphatic rings. The SMILES string of the molecule is COc1ccc(-n2ncc3c(=O)[nH]c(SCC(=O)Nc4ccccc4C(F)(F)F)nc32)cc1. The van der Waals surface area contributed by atoms with Crippen molar-refractivity contribution in [3.05, 3.63) is 70.6 Å². The number of hydrogen-bond donors (Lipinski definition) is 2. The molecule has 2 N–H and O–H groups in total. The quantitative estimate of drug-likeness (QED) is 0.324. The Morgan fingerprint density at radius 2 is 1.91 bits per heavy atom. The molecular formula is C21H16F3N5O3S. The zero-order valence-corrected chi connectivity index (χ0v) is 17.8. The van der Waals surface area contributed by atoms with Crippen molar-refractivity contribution in [2.75, 3.05) is 18.2 Å². The minimum absolute atomic E-state index is 0.127. The minimum Gasteiger partial charge on any atom is -0.497 e. The molecule has 0 bridgehead atoms. The molecule has 2 aromatic carbocycles. The number of carbonyl (C=O) groups is 1. The van der Waals surface area contributed by atoms with E-state index in [0.29, 0.717) is 11.4 Å². The van der Waals surface area contributed by atoms with Gasteiger partial charge in [0.15, 0.2) is 10.8 Å². The van der Waals surface area contributed by atoms with E-state index in [1.165, 1.54) is 29.1 Å². The number of nitrogens with zero attached hydrogens (tertiary/aromatic N) is 3. The molecule has 0 aliphatic carbocycles. The summed E-state index contributed by atoms with van der Waals surface area (Å²) in [6, 6.07) is 11.6. The van der Waals surface area contributed by atoms with Crippen molar-refractivity contribution in [3.63, 3.8) is 0 Å². The summed E-state index contributed by atoms with van der Waals surface area (Å²) in [5, 5.41) is 6.83. The second kappa shape index (κ2) is 8.98. The second-order valence-corrected chi connectivity index (χ2v) is 7.71. The van der Waals surface area contributed by atoms with Crippen molar-refractivity contribution in [1.29, 1.82) is 0 Å². The third-order valence-corrected chi connectivity index (χ3v) is 5.45. The van der Waals surface area contributed by atoms with Gasteiger partial charge in [0, 0.05) is 0 Å². The van der Waals surface area contributed by atoms with E-state index in [9.17, 15) is 22.8 Å². The lowest BCUT2D eigenvalue weighted by Gasteiger charge is -2.13. The van der Waals surface area contributed by atoms with E-state index < -0.39 is 23.2 Å². The molecule has 0 atom stereocenters. The van der Waals surface area contributed by atoms with Crippen LogP contribution in [0.25, 0.3) is 16.7 Å². The highest BCUT2D eigenvalue weighted by molar-refractivity contribution is 7.99. The topological polar surface area (TPSA) is 102 Å². The number of benzene rings is 2. The molecule has 2 aromatic heterocycles. The fraction of sp³-hybridized carbons (Fsp3) is 0.143. The smallest absolute Gasteiger partial charge is 0.418 e. The molecule has 1 amide bonds. The van der Waals surface area contributed by atoms with Gasteiger partial charge in [0.25, 0.3) is 5.56 Å². The third kappa shape index (κ3) is 4.85. The van der Waals surface area contributed by atoms with E-state index in [2.05, 4.69) is 20.4 Å². The van der Waals surface area contributed by atoms with Gasteiger partial charge in [-0.15, -0.1) is 0 Å². The van der Waals surface area contributed by atoms with Crippen LogP contribution in [0, 0.1) is 0 Å². The van der Waals surface area contributed by atoms with Gasteiger partial charge in [-0.2, -0.15) is 18.3 Å².